The molecule has 1 aromatic carbocycles. The Labute approximate surface area is 126 Å². The van der Waals surface area contributed by atoms with Gasteiger partial charge >= 0.3 is 0 Å². The van der Waals surface area contributed by atoms with Crippen LogP contribution in [0.25, 0.3) is 6.08 Å². The average molecular weight is 290 g/mol. The molecule has 2 N–H and O–H groups in total. The van der Waals surface area contributed by atoms with E-state index in [9.17, 15) is 4.79 Å². The van der Waals surface area contributed by atoms with Gasteiger partial charge in [-0.05, 0) is 25.0 Å². The molecule has 3 nitrogen and oxygen atoms in total. The van der Waals surface area contributed by atoms with E-state index in [-0.39, 0.29) is 5.91 Å². The van der Waals surface area contributed by atoms with E-state index in [1.807, 2.05) is 44.2 Å². The Balaban J connectivity index is 2.64. The van der Waals surface area contributed by atoms with Gasteiger partial charge in [-0.25, -0.2) is 0 Å². The van der Waals surface area contributed by atoms with E-state index >= 15 is 0 Å². The van der Waals surface area contributed by atoms with Crippen molar-refractivity contribution in [3.63, 3.8) is 0 Å². The molecule has 20 heavy (non-hydrogen) atoms. The summed E-state index contributed by atoms with van der Waals surface area (Å²) in [5.74, 6) is 0.00340. The van der Waals surface area contributed by atoms with Crippen LogP contribution >= 0.6 is 12.2 Å². The van der Waals surface area contributed by atoms with Crippen molar-refractivity contribution >= 4 is 29.2 Å². The maximum Gasteiger partial charge on any atom is 0.246 e. The molecule has 0 aliphatic carbocycles. The first-order valence-corrected chi connectivity index (χ1v) is 7.25. The number of aryl methyl sites for hydroxylation is 1. The highest BCUT2D eigenvalue weighted by Gasteiger charge is 2.09. The molecule has 0 bridgehead atoms. The lowest BCUT2D eigenvalue weighted by Gasteiger charge is -2.20. The topological polar surface area (TPSA) is 46.3 Å². The van der Waals surface area contributed by atoms with Crippen LogP contribution in [0.3, 0.4) is 0 Å². The number of hydrogen-bond donors (Lipinski definition) is 1. The van der Waals surface area contributed by atoms with Crippen LogP contribution in [0.2, 0.25) is 0 Å². The molecule has 0 saturated carbocycles. The minimum Gasteiger partial charge on any atom is -0.393 e. The first kappa shape index (κ1) is 16.4. The fourth-order valence-electron chi connectivity index (χ4n) is 1.80. The molecule has 0 atom stereocenters. The fraction of sp³-hybridized carbons (Fsp3) is 0.375. The molecule has 0 aromatic heterocycles. The minimum absolute atomic E-state index is 0.00340. The summed E-state index contributed by atoms with van der Waals surface area (Å²) in [6.07, 6.45) is 4.94. The summed E-state index contributed by atoms with van der Waals surface area (Å²) in [5.41, 5.74) is 7.72. The summed E-state index contributed by atoms with van der Waals surface area (Å²) in [4.78, 5) is 14.4. The maximum absolute atomic E-state index is 12.1. The summed E-state index contributed by atoms with van der Waals surface area (Å²) in [6.45, 7) is 5.39. The Hall–Kier alpha value is -1.68. The predicted octanol–water partition coefficient (Wildman–Crippen LogP) is 2.92. The normalized spacial score (nSPS) is 10.7. The highest BCUT2D eigenvalue weighted by atomic mass is 32.1. The number of amides is 1. The van der Waals surface area contributed by atoms with Crippen molar-refractivity contribution in [2.24, 2.45) is 5.73 Å². The van der Waals surface area contributed by atoms with E-state index in [2.05, 4.69) is 0 Å². The number of hydrogen-bond acceptors (Lipinski definition) is 2. The van der Waals surface area contributed by atoms with Gasteiger partial charge < -0.3 is 10.6 Å². The lowest BCUT2D eigenvalue weighted by Crippen LogP contribution is -2.33. The summed E-state index contributed by atoms with van der Waals surface area (Å²) in [6, 6.07) is 8.05. The Bertz CT molecular complexity index is 480. The van der Waals surface area contributed by atoms with Crippen molar-refractivity contribution in [2.75, 3.05) is 13.1 Å². The molecule has 1 rings (SSSR count). The molecule has 0 heterocycles. The third-order valence-electron chi connectivity index (χ3n) is 2.93. The van der Waals surface area contributed by atoms with Gasteiger partial charge in [-0.15, -0.1) is 0 Å². The quantitative estimate of drug-likeness (QED) is 0.620. The van der Waals surface area contributed by atoms with Gasteiger partial charge in [0.2, 0.25) is 5.91 Å². The lowest BCUT2D eigenvalue weighted by molar-refractivity contribution is -0.125. The fourth-order valence-corrected chi connectivity index (χ4v) is 1.89. The van der Waals surface area contributed by atoms with Gasteiger partial charge in [-0.2, -0.15) is 0 Å². The van der Waals surface area contributed by atoms with Crippen LogP contribution in [0.1, 0.15) is 30.9 Å². The molecule has 0 fully saturated rings. The molecular formula is C16H22N2OS. The van der Waals surface area contributed by atoms with E-state index in [0.29, 0.717) is 18.0 Å². The summed E-state index contributed by atoms with van der Waals surface area (Å²) in [7, 11) is 0. The number of nitrogens with two attached hydrogens (primary N) is 1. The van der Waals surface area contributed by atoms with E-state index in [1.165, 1.54) is 5.56 Å². The second kappa shape index (κ2) is 8.48. The summed E-state index contributed by atoms with van der Waals surface area (Å²) < 4.78 is 0. The summed E-state index contributed by atoms with van der Waals surface area (Å²) >= 11 is 4.86. The van der Waals surface area contributed by atoms with E-state index in [1.54, 1.807) is 11.0 Å². The van der Waals surface area contributed by atoms with E-state index in [4.69, 9.17) is 18.0 Å². The number of rotatable bonds is 7. The van der Waals surface area contributed by atoms with Crippen LogP contribution in [0, 0.1) is 6.92 Å². The average Bonchev–Trinajstić information content (AvgIpc) is 2.42. The number of nitrogens with zero attached hydrogens (tertiary/aromatic N) is 1. The third-order valence-corrected chi connectivity index (χ3v) is 3.13. The first-order chi connectivity index (χ1) is 9.52. The van der Waals surface area contributed by atoms with Crippen molar-refractivity contribution in [1.82, 2.24) is 4.90 Å². The van der Waals surface area contributed by atoms with Gasteiger partial charge in [0, 0.05) is 25.6 Å². The highest BCUT2D eigenvalue weighted by Crippen LogP contribution is 2.06. The number of benzene rings is 1. The Morgan fingerprint density at radius 3 is 2.50 bits per heavy atom. The molecule has 0 unspecified atom stereocenters. The standard InChI is InChI=1S/C16H22N2OS/c1-3-11-18(12-10-15(17)20)16(19)9-8-14-6-4-13(2)5-7-14/h4-9H,3,10-12H2,1-2H3,(H2,17,20)/b9-8+. The molecule has 108 valence electrons. The second-order valence-corrected chi connectivity index (χ2v) is 5.31. The van der Waals surface area contributed by atoms with Crippen molar-refractivity contribution in [3.05, 3.63) is 41.5 Å². The van der Waals surface area contributed by atoms with E-state index in [0.717, 1.165) is 18.5 Å². The second-order valence-electron chi connectivity index (χ2n) is 4.79. The van der Waals surface area contributed by atoms with Crippen LogP contribution in [0.15, 0.2) is 30.3 Å². The van der Waals surface area contributed by atoms with Crippen LogP contribution in [0.4, 0.5) is 0 Å². The molecule has 4 heteroatoms. The molecule has 0 aliphatic heterocycles. The monoisotopic (exact) mass is 290 g/mol. The largest absolute Gasteiger partial charge is 0.393 e. The minimum atomic E-state index is 0.00340. The molecule has 1 amide bonds. The zero-order valence-electron chi connectivity index (χ0n) is 12.1. The van der Waals surface area contributed by atoms with Crippen molar-refractivity contribution in [3.8, 4) is 0 Å². The van der Waals surface area contributed by atoms with Gasteiger partial charge in [-0.3, -0.25) is 4.79 Å². The van der Waals surface area contributed by atoms with Crippen LogP contribution in [-0.4, -0.2) is 28.9 Å². The van der Waals surface area contributed by atoms with Crippen LogP contribution in [0.5, 0.6) is 0 Å². The zero-order valence-corrected chi connectivity index (χ0v) is 13.0. The maximum atomic E-state index is 12.1. The molecule has 1 aromatic rings. The molecule has 0 aliphatic rings. The molecule has 0 saturated heterocycles. The Morgan fingerprint density at radius 2 is 1.95 bits per heavy atom. The predicted molar refractivity (Wildman–Crippen MR) is 88.5 cm³/mol. The molecular weight excluding hydrogens is 268 g/mol. The number of carbonyl (C=O) groups excluding carboxylic acids is 1. The summed E-state index contributed by atoms with van der Waals surface area (Å²) in [5, 5.41) is 0. The van der Waals surface area contributed by atoms with Crippen LogP contribution in [-0.2, 0) is 4.79 Å². The Morgan fingerprint density at radius 1 is 1.30 bits per heavy atom. The number of carbonyl (C=O) groups is 1. The third kappa shape index (κ3) is 5.97. The van der Waals surface area contributed by atoms with Crippen molar-refractivity contribution in [1.29, 1.82) is 0 Å². The SMILES string of the molecule is CCCN(CCC(N)=S)C(=O)/C=C/c1ccc(C)cc1. The van der Waals surface area contributed by atoms with Crippen LogP contribution < -0.4 is 5.73 Å². The van der Waals surface area contributed by atoms with Gasteiger partial charge in [0.15, 0.2) is 0 Å². The van der Waals surface area contributed by atoms with E-state index < -0.39 is 0 Å². The van der Waals surface area contributed by atoms with Gasteiger partial charge in [0.05, 0.1) is 4.99 Å². The lowest BCUT2D eigenvalue weighted by atomic mass is 10.1. The first-order valence-electron chi connectivity index (χ1n) is 6.85. The highest BCUT2D eigenvalue weighted by molar-refractivity contribution is 7.80. The number of thiocarbonyl (C=S) groups is 1. The van der Waals surface area contributed by atoms with Gasteiger partial charge in [0.1, 0.15) is 0 Å². The van der Waals surface area contributed by atoms with Gasteiger partial charge in [-0.1, -0.05) is 49.0 Å². The smallest absolute Gasteiger partial charge is 0.246 e. The molecule has 0 spiro atoms. The van der Waals surface area contributed by atoms with Gasteiger partial charge in [0.25, 0.3) is 0 Å². The van der Waals surface area contributed by atoms with Crippen molar-refractivity contribution < 1.29 is 4.79 Å². The van der Waals surface area contributed by atoms with Crippen molar-refractivity contribution in [2.45, 2.75) is 26.7 Å². The Kier molecular flexibility index (Phi) is 6.94. The zero-order chi connectivity index (χ0) is 15.0. The molecule has 0 radical (unpaired) electrons.